The Morgan fingerprint density at radius 3 is 2.60 bits per heavy atom. The maximum absolute atomic E-state index is 12.0. The number of benzene rings is 1. The third-order valence-electron chi connectivity index (χ3n) is 3.68. The Hall–Kier alpha value is -2.76. The molecule has 134 valence electrons. The molecule has 0 saturated carbocycles. The third kappa shape index (κ3) is 5.99. The van der Waals surface area contributed by atoms with Crippen LogP contribution in [0, 0.1) is 0 Å². The van der Waals surface area contributed by atoms with Gasteiger partial charge in [0.2, 0.25) is 5.91 Å². The van der Waals surface area contributed by atoms with Gasteiger partial charge in [-0.3, -0.25) is 9.59 Å². The highest BCUT2D eigenvalue weighted by Gasteiger charge is 2.11. The first-order valence-electron chi connectivity index (χ1n) is 8.44. The first-order chi connectivity index (χ1) is 12.1. The third-order valence-corrected chi connectivity index (χ3v) is 3.68. The van der Waals surface area contributed by atoms with Crippen molar-refractivity contribution in [2.75, 3.05) is 13.2 Å². The van der Waals surface area contributed by atoms with Crippen molar-refractivity contribution < 1.29 is 18.7 Å². The molecule has 1 aromatic carbocycles. The fourth-order valence-corrected chi connectivity index (χ4v) is 2.36. The van der Waals surface area contributed by atoms with E-state index in [4.69, 9.17) is 9.15 Å². The molecule has 0 aliphatic rings. The zero-order valence-corrected chi connectivity index (χ0v) is 14.6. The van der Waals surface area contributed by atoms with E-state index in [1.165, 1.54) is 6.26 Å². The number of furan rings is 1. The summed E-state index contributed by atoms with van der Waals surface area (Å²) < 4.78 is 10.4. The Morgan fingerprint density at radius 1 is 1.20 bits per heavy atom. The second-order valence-corrected chi connectivity index (χ2v) is 5.63. The largest absolute Gasteiger partial charge is 0.494 e. The lowest BCUT2D eigenvalue weighted by atomic mass is 10.1. The SMILES string of the molecule is CCOc1ccc(C(C)NC(=O)CCCNC(=O)c2ccco2)cc1. The van der Waals surface area contributed by atoms with Gasteiger partial charge in [0.25, 0.3) is 5.91 Å². The first-order valence-corrected chi connectivity index (χ1v) is 8.44. The molecular formula is C19H24N2O4. The number of hydrogen-bond acceptors (Lipinski definition) is 4. The molecule has 0 fully saturated rings. The standard InChI is InChI=1S/C19H24N2O4/c1-3-24-16-10-8-15(9-11-16)14(2)21-18(22)7-4-12-20-19(23)17-6-5-13-25-17/h5-6,8-11,13-14H,3-4,7,12H2,1-2H3,(H,20,23)(H,21,22). The molecule has 2 aromatic rings. The van der Waals surface area contributed by atoms with Crippen molar-refractivity contribution in [2.24, 2.45) is 0 Å². The van der Waals surface area contributed by atoms with Crippen LogP contribution < -0.4 is 15.4 Å². The highest BCUT2D eigenvalue weighted by Crippen LogP contribution is 2.17. The van der Waals surface area contributed by atoms with Gasteiger partial charge in [0.15, 0.2) is 5.76 Å². The van der Waals surface area contributed by atoms with Gasteiger partial charge >= 0.3 is 0 Å². The number of nitrogens with one attached hydrogen (secondary N) is 2. The van der Waals surface area contributed by atoms with Crippen LogP contribution in [-0.2, 0) is 4.79 Å². The van der Waals surface area contributed by atoms with Gasteiger partial charge in [0, 0.05) is 13.0 Å². The second-order valence-electron chi connectivity index (χ2n) is 5.63. The molecule has 1 aromatic heterocycles. The molecule has 6 heteroatoms. The van der Waals surface area contributed by atoms with E-state index < -0.39 is 0 Å². The Balaban J connectivity index is 1.68. The zero-order chi connectivity index (χ0) is 18.1. The lowest BCUT2D eigenvalue weighted by Crippen LogP contribution is -2.28. The first kappa shape index (κ1) is 18.6. The summed E-state index contributed by atoms with van der Waals surface area (Å²) in [6.45, 7) is 4.92. The van der Waals surface area contributed by atoms with Gasteiger partial charge in [-0.25, -0.2) is 0 Å². The lowest BCUT2D eigenvalue weighted by molar-refractivity contribution is -0.121. The second kappa shape index (κ2) is 9.52. The molecular weight excluding hydrogens is 320 g/mol. The normalized spacial score (nSPS) is 11.6. The molecule has 0 aliphatic carbocycles. The monoisotopic (exact) mass is 344 g/mol. The van der Waals surface area contributed by atoms with E-state index in [1.807, 2.05) is 38.1 Å². The molecule has 25 heavy (non-hydrogen) atoms. The minimum Gasteiger partial charge on any atom is -0.494 e. The Labute approximate surface area is 147 Å². The van der Waals surface area contributed by atoms with Crippen molar-refractivity contribution >= 4 is 11.8 Å². The molecule has 6 nitrogen and oxygen atoms in total. The van der Waals surface area contributed by atoms with Crippen molar-refractivity contribution in [2.45, 2.75) is 32.7 Å². The summed E-state index contributed by atoms with van der Waals surface area (Å²) in [5, 5.41) is 5.67. The smallest absolute Gasteiger partial charge is 0.286 e. The number of hydrogen-bond donors (Lipinski definition) is 2. The highest BCUT2D eigenvalue weighted by atomic mass is 16.5. The van der Waals surface area contributed by atoms with Gasteiger partial charge in [-0.2, -0.15) is 0 Å². The van der Waals surface area contributed by atoms with Gasteiger partial charge < -0.3 is 19.8 Å². The predicted molar refractivity (Wildman–Crippen MR) is 94.4 cm³/mol. The fourth-order valence-electron chi connectivity index (χ4n) is 2.36. The maximum atomic E-state index is 12.0. The van der Waals surface area contributed by atoms with E-state index in [2.05, 4.69) is 10.6 Å². The van der Waals surface area contributed by atoms with Crippen molar-refractivity contribution in [1.82, 2.24) is 10.6 Å². The molecule has 1 unspecified atom stereocenters. The average Bonchev–Trinajstić information content (AvgIpc) is 3.14. The summed E-state index contributed by atoms with van der Waals surface area (Å²) in [6, 6.07) is 10.8. The van der Waals surface area contributed by atoms with Gasteiger partial charge in [-0.1, -0.05) is 12.1 Å². The van der Waals surface area contributed by atoms with E-state index in [1.54, 1.807) is 12.1 Å². The fraction of sp³-hybridized carbons (Fsp3) is 0.368. The Bertz CT molecular complexity index is 665. The predicted octanol–water partition coefficient (Wildman–Crippen LogP) is 3.07. The molecule has 2 N–H and O–H groups in total. The summed E-state index contributed by atoms with van der Waals surface area (Å²) in [5.74, 6) is 0.771. The molecule has 0 bridgehead atoms. The number of carbonyl (C=O) groups excluding carboxylic acids is 2. The summed E-state index contributed by atoms with van der Waals surface area (Å²) in [6.07, 6.45) is 2.36. The van der Waals surface area contributed by atoms with E-state index in [9.17, 15) is 9.59 Å². The van der Waals surface area contributed by atoms with Crippen molar-refractivity contribution in [3.63, 3.8) is 0 Å². The molecule has 0 saturated heterocycles. The van der Waals surface area contributed by atoms with Crippen LogP contribution >= 0.6 is 0 Å². The van der Waals surface area contributed by atoms with Gasteiger partial charge in [-0.15, -0.1) is 0 Å². The van der Waals surface area contributed by atoms with Crippen LogP contribution in [0.15, 0.2) is 47.1 Å². The van der Waals surface area contributed by atoms with Gasteiger partial charge in [0.1, 0.15) is 5.75 Å². The van der Waals surface area contributed by atoms with Gasteiger partial charge in [0.05, 0.1) is 18.9 Å². The maximum Gasteiger partial charge on any atom is 0.286 e. The minimum absolute atomic E-state index is 0.0476. The molecule has 2 amide bonds. The average molecular weight is 344 g/mol. The number of carbonyl (C=O) groups is 2. The highest BCUT2D eigenvalue weighted by molar-refractivity contribution is 5.91. The minimum atomic E-state index is -0.270. The lowest BCUT2D eigenvalue weighted by Gasteiger charge is -2.15. The van der Waals surface area contributed by atoms with Crippen LogP contribution in [0.25, 0.3) is 0 Å². The van der Waals surface area contributed by atoms with Crippen LogP contribution in [-0.4, -0.2) is 25.0 Å². The molecule has 0 radical (unpaired) electrons. The van der Waals surface area contributed by atoms with E-state index >= 15 is 0 Å². The summed E-state index contributed by atoms with van der Waals surface area (Å²) in [7, 11) is 0. The van der Waals surface area contributed by atoms with Crippen LogP contribution in [0.2, 0.25) is 0 Å². The topological polar surface area (TPSA) is 80.6 Å². The quantitative estimate of drug-likeness (QED) is 0.685. The van der Waals surface area contributed by atoms with Crippen LogP contribution in [0.4, 0.5) is 0 Å². The summed E-state index contributed by atoms with van der Waals surface area (Å²) >= 11 is 0. The number of ether oxygens (including phenoxy) is 1. The van der Waals surface area contributed by atoms with Crippen molar-refractivity contribution in [1.29, 1.82) is 0 Å². The number of amides is 2. The van der Waals surface area contributed by atoms with E-state index in [-0.39, 0.29) is 23.6 Å². The molecule has 1 atom stereocenters. The molecule has 1 heterocycles. The van der Waals surface area contributed by atoms with Gasteiger partial charge in [-0.05, 0) is 50.1 Å². The summed E-state index contributed by atoms with van der Waals surface area (Å²) in [5.41, 5.74) is 1.02. The number of rotatable bonds is 9. The molecule has 2 rings (SSSR count). The molecule has 0 aliphatic heterocycles. The van der Waals surface area contributed by atoms with Crippen LogP contribution in [0.5, 0.6) is 5.75 Å². The van der Waals surface area contributed by atoms with Crippen molar-refractivity contribution in [3.05, 3.63) is 54.0 Å². The molecule has 0 spiro atoms. The zero-order valence-electron chi connectivity index (χ0n) is 14.6. The van der Waals surface area contributed by atoms with E-state index in [0.29, 0.717) is 26.0 Å². The van der Waals surface area contributed by atoms with Crippen molar-refractivity contribution in [3.8, 4) is 5.75 Å². The Morgan fingerprint density at radius 2 is 1.96 bits per heavy atom. The van der Waals surface area contributed by atoms with Crippen LogP contribution in [0.3, 0.4) is 0 Å². The van der Waals surface area contributed by atoms with E-state index in [0.717, 1.165) is 11.3 Å². The van der Waals surface area contributed by atoms with Crippen LogP contribution in [0.1, 0.15) is 48.8 Å². The summed E-state index contributed by atoms with van der Waals surface area (Å²) in [4.78, 5) is 23.7. The Kier molecular flexibility index (Phi) is 7.07.